The maximum Gasteiger partial charge on any atom is 0.339 e. The first-order chi connectivity index (χ1) is 15.4. The second-order valence-electron chi connectivity index (χ2n) is 5.81. The predicted octanol–water partition coefficient (Wildman–Crippen LogP) is 3.42. The van der Waals surface area contributed by atoms with Crippen LogP contribution >= 0.6 is 21.6 Å². The van der Waals surface area contributed by atoms with Crippen molar-refractivity contribution in [3.63, 3.8) is 0 Å². The average molecular weight is 519 g/mol. The molecule has 0 radical (unpaired) electrons. The number of benzene rings is 2. The van der Waals surface area contributed by atoms with Gasteiger partial charge >= 0.3 is 11.9 Å². The summed E-state index contributed by atoms with van der Waals surface area (Å²) in [5, 5.41) is 0. The van der Waals surface area contributed by atoms with Gasteiger partial charge in [0.15, 0.2) is 22.2 Å². The Balaban J connectivity index is 1.95. The van der Waals surface area contributed by atoms with Crippen molar-refractivity contribution in [2.45, 2.75) is 9.79 Å². The molecule has 0 aliphatic rings. The van der Waals surface area contributed by atoms with Crippen LogP contribution in [0.2, 0.25) is 0 Å². The molecule has 0 aromatic heterocycles. The van der Waals surface area contributed by atoms with Gasteiger partial charge in [-0.3, -0.25) is 8.37 Å². The van der Waals surface area contributed by atoms with E-state index in [2.05, 4.69) is 8.37 Å². The monoisotopic (exact) mass is 518 g/mol. The van der Waals surface area contributed by atoms with E-state index in [1.807, 2.05) is 6.07 Å². The van der Waals surface area contributed by atoms with Gasteiger partial charge in [0, 0.05) is 9.79 Å². The van der Waals surface area contributed by atoms with Crippen molar-refractivity contribution in [3.8, 4) is 0 Å². The minimum absolute atomic E-state index is 0.0150. The molecule has 2 aromatic rings. The molecule has 8 nitrogen and oxygen atoms in total. The molecule has 0 spiro atoms. The molecule has 0 amide bonds. The van der Waals surface area contributed by atoms with Crippen molar-refractivity contribution in [1.82, 2.24) is 0 Å². The van der Waals surface area contributed by atoms with E-state index in [-0.39, 0.29) is 24.7 Å². The molecule has 0 saturated carbocycles. The fraction of sp³-hybridized carbons (Fsp3) is 0.300. The highest BCUT2D eigenvalue weighted by Crippen LogP contribution is 2.39. The van der Waals surface area contributed by atoms with E-state index in [0.717, 1.165) is 4.90 Å². The second kappa shape index (κ2) is 14.4. The van der Waals surface area contributed by atoms with Crippen LogP contribution in [0.15, 0.2) is 58.3 Å². The predicted molar refractivity (Wildman–Crippen MR) is 125 cm³/mol. The molecule has 32 heavy (non-hydrogen) atoms. The van der Waals surface area contributed by atoms with E-state index in [1.54, 1.807) is 42.5 Å². The molecule has 0 heterocycles. The fourth-order valence-electron chi connectivity index (χ4n) is 2.21. The van der Waals surface area contributed by atoms with E-state index in [4.69, 9.17) is 9.47 Å². The lowest BCUT2D eigenvalue weighted by molar-refractivity contribution is 0.0516. The Bertz CT molecular complexity index is 966. The molecule has 2 rings (SSSR count). The van der Waals surface area contributed by atoms with Crippen molar-refractivity contribution in [1.29, 1.82) is 0 Å². The summed E-state index contributed by atoms with van der Waals surface area (Å²) < 4.78 is 42.0. The van der Waals surface area contributed by atoms with Gasteiger partial charge in [0.25, 0.3) is 0 Å². The third-order valence-electron chi connectivity index (χ3n) is 3.74. The summed E-state index contributed by atoms with van der Waals surface area (Å²) in [6, 6.07) is 13.8. The van der Waals surface area contributed by atoms with Gasteiger partial charge in [-0.15, -0.1) is 0 Å². The minimum atomic E-state index is -1.49. The van der Waals surface area contributed by atoms with Crippen LogP contribution in [-0.2, 0) is 40.0 Å². The van der Waals surface area contributed by atoms with Crippen molar-refractivity contribution >= 4 is 55.7 Å². The molecule has 0 saturated heterocycles. The van der Waals surface area contributed by atoms with E-state index < -0.39 is 34.1 Å². The first-order valence-electron chi connectivity index (χ1n) is 9.18. The van der Waals surface area contributed by atoms with Crippen LogP contribution < -0.4 is 0 Å². The van der Waals surface area contributed by atoms with Crippen molar-refractivity contribution in [2.75, 3.05) is 38.9 Å². The summed E-state index contributed by atoms with van der Waals surface area (Å²) in [5.41, 5.74) is 0.743. The standard InChI is InChI=1S/C20H22O8S4/c1-25-31(23)12-10-27-19(21)15-6-5-7-16(14-15)29-30-18-9-4-3-8-17(18)20(22)28-11-13-32(24)26-2/h3-9,14H,10-13H2,1-2H3. The topological polar surface area (TPSA) is 105 Å². The highest BCUT2D eigenvalue weighted by molar-refractivity contribution is 8.76. The first kappa shape index (κ1) is 26.6. The van der Waals surface area contributed by atoms with Gasteiger partial charge in [-0.25, -0.2) is 18.0 Å². The van der Waals surface area contributed by atoms with Gasteiger partial charge in [-0.05, 0) is 30.3 Å². The van der Waals surface area contributed by atoms with Gasteiger partial charge in [-0.1, -0.05) is 39.8 Å². The summed E-state index contributed by atoms with van der Waals surface area (Å²) in [6.45, 7) is -0.0353. The fourth-order valence-corrected chi connectivity index (χ4v) is 5.16. The Labute approximate surface area is 199 Å². The summed E-state index contributed by atoms with van der Waals surface area (Å²) in [7, 11) is 5.34. The Morgan fingerprint density at radius 2 is 1.44 bits per heavy atom. The number of carbonyl (C=O) groups is 2. The molecule has 2 atom stereocenters. The Morgan fingerprint density at radius 3 is 2.09 bits per heavy atom. The molecular weight excluding hydrogens is 496 g/mol. The van der Waals surface area contributed by atoms with Crippen LogP contribution in [0, 0.1) is 0 Å². The van der Waals surface area contributed by atoms with E-state index >= 15 is 0 Å². The summed E-state index contributed by atoms with van der Waals surface area (Å²) in [4.78, 5) is 26.0. The molecule has 2 unspecified atom stereocenters. The molecule has 0 aliphatic heterocycles. The van der Waals surface area contributed by atoms with Crippen molar-refractivity contribution < 1.29 is 35.8 Å². The van der Waals surface area contributed by atoms with Gasteiger partial charge in [0.1, 0.15) is 13.2 Å². The highest BCUT2D eigenvalue weighted by atomic mass is 33.1. The van der Waals surface area contributed by atoms with Crippen LogP contribution in [0.3, 0.4) is 0 Å². The normalized spacial score (nSPS) is 12.7. The lowest BCUT2D eigenvalue weighted by Crippen LogP contribution is -2.13. The quantitative estimate of drug-likeness (QED) is 0.289. The van der Waals surface area contributed by atoms with Gasteiger partial charge < -0.3 is 9.47 Å². The maximum atomic E-state index is 12.4. The lowest BCUT2D eigenvalue weighted by Gasteiger charge is -2.09. The van der Waals surface area contributed by atoms with Crippen molar-refractivity contribution in [2.24, 2.45) is 0 Å². The van der Waals surface area contributed by atoms with Gasteiger partial charge in [0.05, 0.1) is 36.9 Å². The molecule has 0 N–H and O–H groups in total. The highest BCUT2D eigenvalue weighted by Gasteiger charge is 2.15. The second-order valence-corrected chi connectivity index (χ2v) is 10.8. The zero-order valence-electron chi connectivity index (χ0n) is 17.3. The van der Waals surface area contributed by atoms with Gasteiger partial charge in [-0.2, -0.15) is 0 Å². The Kier molecular flexibility index (Phi) is 12.0. The number of carbonyl (C=O) groups excluding carboxylic acids is 2. The average Bonchev–Trinajstić information content (AvgIpc) is 2.82. The third kappa shape index (κ3) is 9.04. The largest absolute Gasteiger partial charge is 0.461 e. The maximum absolute atomic E-state index is 12.4. The molecule has 174 valence electrons. The molecule has 0 fully saturated rings. The van der Waals surface area contributed by atoms with Crippen LogP contribution in [0.5, 0.6) is 0 Å². The molecule has 12 heteroatoms. The van der Waals surface area contributed by atoms with E-state index in [9.17, 15) is 18.0 Å². The van der Waals surface area contributed by atoms with E-state index in [0.29, 0.717) is 16.0 Å². The summed E-state index contributed by atoms with van der Waals surface area (Å²) in [5.74, 6) is -0.854. The Hall–Kier alpha value is -1.70. The number of esters is 2. The molecule has 0 aliphatic carbocycles. The smallest absolute Gasteiger partial charge is 0.339 e. The summed E-state index contributed by atoms with van der Waals surface area (Å²) in [6.07, 6.45) is 0. The number of rotatable bonds is 13. The molecule has 2 aromatic carbocycles. The minimum Gasteiger partial charge on any atom is -0.461 e. The van der Waals surface area contributed by atoms with Crippen LogP contribution in [0.1, 0.15) is 20.7 Å². The number of hydrogen-bond acceptors (Lipinski definition) is 10. The van der Waals surface area contributed by atoms with Crippen molar-refractivity contribution in [3.05, 3.63) is 59.7 Å². The Morgan fingerprint density at radius 1 is 0.812 bits per heavy atom. The summed E-state index contributed by atoms with van der Waals surface area (Å²) >= 11 is -2.97. The SMILES string of the molecule is COS(=O)CCOC(=O)c1cccc(SSc2ccccc2C(=O)OCCS(=O)OC)c1. The van der Waals surface area contributed by atoms with Crippen LogP contribution in [-0.4, -0.2) is 59.3 Å². The first-order valence-corrected chi connectivity index (χ1v) is 13.8. The third-order valence-corrected chi connectivity index (χ3v) is 7.92. The zero-order valence-corrected chi connectivity index (χ0v) is 20.6. The van der Waals surface area contributed by atoms with Crippen LogP contribution in [0.25, 0.3) is 0 Å². The van der Waals surface area contributed by atoms with E-state index in [1.165, 1.54) is 35.8 Å². The van der Waals surface area contributed by atoms with Gasteiger partial charge in [0.2, 0.25) is 0 Å². The zero-order chi connectivity index (χ0) is 23.3. The van der Waals surface area contributed by atoms with Crippen LogP contribution in [0.4, 0.5) is 0 Å². The lowest BCUT2D eigenvalue weighted by atomic mass is 10.2. The number of ether oxygens (including phenoxy) is 2. The number of hydrogen-bond donors (Lipinski definition) is 0. The molecule has 0 bridgehead atoms. The molecular formula is C20H22O8S4.